The number of carbonyl (C=O) groups excluding carboxylic acids is 2. The lowest BCUT2D eigenvalue weighted by molar-refractivity contribution is -0.0368. The number of ketones is 1. The van der Waals surface area contributed by atoms with Crippen LogP contribution in [0.25, 0.3) is 0 Å². The van der Waals surface area contributed by atoms with Crippen LogP contribution in [0.2, 0.25) is 0 Å². The standard InChI is InChI=1S/C22H25NO3/c1-22(2,17-12-14-23-15-13-17)26-21(25)19-11-7-6-10-18(19)20(24)16-8-4-3-5-9-16/h3-11,17,23H,12-15H2,1-2H3. The van der Waals surface area contributed by atoms with E-state index in [4.69, 9.17) is 4.74 Å². The van der Waals surface area contributed by atoms with Gasteiger partial charge in [0.05, 0.1) is 5.56 Å². The van der Waals surface area contributed by atoms with Crippen molar-refractivity contribution in [2.45, 2.75) is 32.3 Å². The minimum Gasteiger partial charge on any atom is -0.456 e. The van der Waals surface area contributed by atoms with Crippen molar-refractivity contribution >= 4 is 11.8 Å². The third-order valence-electron chi connectivity index (χ3n) is 5.11. The highest BCUT2D eigenvalue weighted by molar-refractivity contribution is 6.14. The zero-order chi connectivity index (χ0) is 18.6. The lowest BCUT2D eigenvalue weighted by Crippen LogP contribution is -2.43. The number of ether oxygens (including phenoxy) is 1. The number of rotatable bonds is 5. The van der Waals surface area contributed by atoms with Crippen molar-refractivity contribution in [3.05, 3.63) is 71.3 Å². The first kappa shape index (κ1) is 18.3. The SMILES string of the molecule is CC(C)(OC(=O)c1ccccc1C(=O)c1ccccc1)C1CCNCC1. The summed E-state index contributed by atoms with van der Waals surface area (Å²) in [5, 5.41) is 3.33. The van der Waals surface area contributed by atoms with Crippen molar-refractivity contribution in [3.8, 4) is 0 Å². The molecule has 1 aliphatic heterocycles. The number of hydrogen-bond acceptors (Lipinski definition) is 4. The highest BCUT2D eigenvalue weighted by atomic mass is 16.6. The molecule has 1 saturated heterocycles. The molecular formula is C22H25NO3. The van der Waals surface area contributed by atoms with Gasteiger partial charge in [-0.05, 0) is 45.8 Å². The Hall–Kier alpha value is -2.46. The molecule has 136 valence electrons. The van der Waals surface area contributed by atoms with Gasteiger partial charge in [-0.3, -0.25) is 4.79 Å². The second kappa shape index (κ2) is 7.83. The van der Waals surface area contributed by atoms with Crippen LogP contribution in [-0.4, -0.2) is 30.4 Å². The number of esters is 1. The zero-order valence-electron chi connectivity index (χ0n) is 15.3. The van der Waals surface area contributed by atoms with Crippen LogP contribution in [0.4, 0.5) is 0 Å². The van der Waals surface area contributed by atoms with Crippen molar-refractivity contribution in [1.29, 1.82) is 0 Å². The highest BCUT2D eigenvalue weighted by Crippen LogP contribution is 2.30. The molecular weight excluding hydrogens is 326 g/mol. The molecule has 0 spiro atoms. The second-order valence-electron chi connectivity index (χ2n) is 7.26. The Bertz CT molecular complexity index is 777. The van der Waals surface area contributed by atoms with Gasteiger partial charge in [-0.25, -0.2) is 4.79 Å². The van der Waals surface area contributed by atoms with Crippen molar-refractivity contribution < 1.29 is 14.3 Å². The van der Waals surface area contributed by atoms with Gasteiger partial charge in [0.2, 0.25) is 0 Å². The van der Waals surface area contributed by atoms with Crippen LogP contribution in [0, 0.1) is 5.92 Å². The molecule has 0 radical (unpaired) electrons. The van der Waals surface area contributed by atoms with Gasteiger partial charge in [-0.15, -0.1) is 0 Å². The van der Waals surface area contributed by atoms with Crippen LogP contribution in [0.15, 0.2) is 54.6 Å². The summed E-state index contributed by atoms with van der Waals surface area (Å²) in [5.41, 5.74) is 0.695. The van der Waals surface area contributed by atoms with Gasteiger partial charge in [0.15, 0.2) is 5.78 Å². The van der Waals surface area contributed by atoms with E-state index >= 15 is 0 Å². The maximum atomic E-state index is 12.9. The topological polar surface area (TPSA) is 55.4 Å². The fourth-order valence-electron chi connectivity index (χ4n) is 3.50. The third-order valence-corrected chi connectivity index (χ3v) is 5.11. The molecule has 0 aliphatic carbocycles. The third kappa shape index (κ3) is 4.02. The average molecular weight is 351 g/mol. The molecule has 1 heterocycles. The molecule has 0 atom stereocenters. The molecule has 1 fully saturated rings. The molecule has 0 unspecified atom stereocenters. The molecule has 1 aliphatic rings. The van der Waals surface area contributed by atoms with E-state index < -0.39 is 11.6 Å². The van der Waals surface area contributed by atoms with Gasteiger partial charge in [-0.1, -0.05) is 48.5 Å². The Morgan fingerprint density at radius 1 is 0.923 bits per heavy atom. The minimum atomic E-state index is -0.567. The van der Waals surface area contributed by atoms with Gasteiger partial charge in [0, 0.05) is 17.0 Å². The van der Waals surface area contributed by atoms with Crippen LogP contribution >= 0.6 is 0 Å². The van der Waals surface area contributed by atoms with E-state index in [-0.39, 0.29) is 5.78 Å². The smallest absolute Gasteiger partial charge is 0.339 e. The van der Waals surface area contributed by atoms with Crippen molar-refractivity contribution in [3.63, 3.8) is 0 Å². The van der Waals surface area contributed by atoms with Crippen molar-refractivity contribution in [2.24, 2.45) is 5.92 Å². The number of nitrogens with one attached hydrogen (secondary N) is 1. The van der Waals surface area contributed by atoms with Crippen LogP contribution in [-0.2, 0) is 4.74 Å². The van der Waals surface area contributed by atoms with E-state index in [0.717, 1.165) is 25.9 Å². The first-order chi connectivity index (χ1) is 12.5. The highest BCUT2D eigenvalue weighted by Gasteiger charge is 2.35. The lowest BCUT2D eigenvalue weighted by atomic mass is 9.83. The summed E-state index contributed by atoms with van der Waals surface area (Å²) in [6.07, 6.45) is 1.95. The van der Waals surface area contributed by atoms with Crippen LogP contribution in [0.1, 0.15) is 53.0 Å². The number of hydrogen-bond donors (Lipinski definition) is 1. The van der Waals surface area contributed by atoms with E-state index in [0.29, 0.717) is 22.6 Å². The van der Waals surface area contributed by atoms with E-state index in [2.05, 4.69) is 5.32 Å². The van der Waals surface area contributed by atoms with E-state index in [1.165, 1.54) is 0 Å². The van der Waals surface area contributed by atoms with E-state index in [1.807, 2.05) is 32.0 Å². The Kier molecular flexibility index (Phi) is 5.52. The molecule has 2 aromatic carbocycles. The Morgan fingerprint density at radius 3 is 2.15 bits per heavy atom. The van der Waals surface area contributed by atoms with Crippen molar-refractivity contribution in [2.75, 3.05) is 13.1 Å². The Balaban J connectivity index is 1.83. The Labute approximate surface area is 154 Å². The summed E-state index contributed by atoms with van der Waals surface area (Å²) in [7, 11) is 0. The van der Waals surface area contributed by atoms with Gasteiger partial charge in [0.25, 0.3) is 0 Å². The molecule has 4 heteroatoms. The normalized spacial score (nSPS) is 15.5. The summed E-state index contributed by atoms with van der Waals surface area (Å²) in [6, 6.07) is 15.9. The molecule has 0 amide bonds. The average Bonchev–Trinajstić information content (AvgIpc) is 2.68. The molecule has 1 N–H and O–H groups in total. The molecule has 4 nitrogen and oxygen atoms in total. The molecule has 26 heavy (non-hydrogen) atoms. The maximum Gasteiger partial charge on any atom is 0.339 e. The van der Waals surface area contributed by atoms with Gasteiger partial charge in [0.1, 0.15) is 5.60 Å². The summed E-state index contributed by atoms with van der Waals surface area (Å²) < 4.78 is 5.87. The van der Waals surface area contributed by atoms with Crippen LogP contribution < -0.4 is 5.32 Å². The number of piperidine rings is 1. The summed E-state index contributed by atoms with van der Waals surface area (Å²) in [4.78, 5) is 25.7. The van der Waals surface area contributed by atoms with Crippen LogP contribution in [0.5, 0.6) is 0 Å². The minimum absolute atomic E-state index is 0.169. The summed E-state index contributed by atoms with van der Waals surface area (Å²) in [6.45, 7) is 5.80. The lowest BCUT2D eigenvalue weighted by Gasteiger charge is -2.36. The van der Waals surface area contributed by atoms with Gasteiger partial charge < -0.3 is 10.1 Å². The fourth-order valence-corrected chi connectivity index (χ4v) is 3.50. The first-order valence-electron chi connectivity index (χ1n) is 9.12. The summed E-state index contributed by atoms with van der Waals surface area (Å²) in [5.74, 6) is -0.295. The molecule has 3 rings (SSSR count). The van der Waals surface area contributed by atoms with Gasteiger partial charge >= 0.3 is 5.97 Å². The molecule has 0 aromatic heterocycles. The molecule has 0 saturated carbocycles. The quantitative estimate of drug-likeness (QED) is 0.657. The van der Waals surface area contributed by atoms with E-state index in [1.54, 1.807) is 36.4 Å². The first-order valence-corrected chi connectivity index (χ1v) is 9.12. The van der Waals surface area contributed by atoms with E-state index in [9.17, 15) is 9.59 Å². The molecule has 2 aromatic rings. The molecule has 0 bridgehead atoms. The van der Waals surface area contributed by atoms with Gasteiger partial charge in [-0.2, -0.15) is 0 Å². The largest absolute Gasteiger partial charge is 0.456 e. The van der Waals surface area contributed by atoms with Crippen LogP contribution in [0.3, 0.4) is 0 Å². The fraction of sp³-hybridized carbons (Fsp3) is 0.364. The van der Waals surface area contributed by atoms with Crippen molar-refractivity contribution in [1.82, 2.24) is 5.32 Å². The zero-order valence-corrected chi connectivity index (χ0v) is 15.3. The predicted molar refractivity (Wildman–Crippen MR) is 101 cm³/mol. The number of benzene rings is 2. The Morgan fingerprint density at radius 2 is 1.50 bits per heavy atom. The number of carbonyl (C=O) groups is 2. The monoisotopic (exact) mass is 351 g/mol. The second-order valence-corrected chi connectivity index (χ2v) is 7.26. The predicted octanol–water partition coefficient (Wildman–Crippen LogP) is 3.85. The summed E-state index contributed by atoms with van der Waals surface area (Å²) >= 11 is 0. The maximum absolute atomic E-state index is 12.9.